The number of hydrogen-bond donors (Lipinski definition) is 2. The first-order valence-electron chi connectivity index (χ1n) is 8.33. The van der Waals surface area contributed by atoms with Crippen LogP contribution in [0.4, 0.5) is 15.9 Å². The summed E-state index contributed by atoms with van der Waals surface area (Å²) in [4.78, 5) is 20.9. The lowest BCUT2D eigenvalue weighted by atomic mass is 10.2. The van der Waals surface area contributed by atoms with Crippen LogP contribution in [-0.4, -0.2) is 23.0 Å². The van der Waals surface area contributed by atoms with Crippen LogP contribution in [0.1, 0.15) is 21.9 Å². The Morgan fingerprint density at radius 2 is 1.85 bits per heavy atom. The molecule has 0 fully saturated rings. The van der Waals surface area contributed by atoms with Gasteiger partial charge >= 0.3 is 0 Å². The van der Waals surface area contributed by atoms with E-state index in [-0.39, 0.29) is 11.5 Å². The SMILES string of the molecule is COc1ccccc1CNc1cc(C(=O)Nc2ccc(F)cc2)nc(C)n1. The molecule has 0 aliphatic heterocycles. The van der Waals surface area contributed by atoms with Crippen molar-refractivity contribution < 1.29 is 13.9 Å². The van der Waals surface area contributed by atoms with Crippen molar-refractivity contribution in [3.8, 4) is 5.75 Å². The van der Waals surface area contributed by atoms with Gasteiger partial charge in [-0.15, -0.1) is 0 Å². The molecule has 2 N–H and O–H groups in total. The first kappa shape index (κ1) is 18.3. The van der Waals surface area contributed by atoms with Crippen LogP contribution < -0.4 is 15.4 Å². The fourth-order valence-electron chi connectivity index (χ4n) is 2.54. The third-order valence-corrected chi connectivity index (χ3v) is 3.83. The Balaban J connectivity index is 1.73. The predicted molar refractivity (Wildman–Crippen MR) is 101 cm³/mol. The number of para-hydroxylation sites is 1. The number of methoxy groups -OCH3 is 1. The summed E-state index contributed by atoms with van der Waals surface area (Å²) in [6.07, 6.45) is 0. The molecule has 1 aromatic heterocycles. The average molecular weight is 366 g/mol. The summed E-state index contributed by atoms with van der Waals surface area (Å²) >= 11 is 0. The number of hydrogen-bond acceptors (Lipinski definition) is 5. The van der Waals surface area contributed by atoms with Crippen LogP contribution in [0.2, 0.25) is 0 Å². The molecule has 1 amide bonds. The highest BCUT2D eigenvalue weighted by molar-refractivity contribution is 6.03. The van der Waals surface area contributed by atoms with Crippen molar-refractivity contribution >= 4 is 17.4 Å². The molecule has 0 saturated heterocycles. The van der Waals surface area contributed by atoms with Gasteiger partial charge in [-0.1, -0.05) is 18.2 Å². The Morgan fingerprint density at radius 3 is 2.59 bits per heavy atom. The number of benzene rings is 2. The monoisotopic (exact) mass is 366 g/mol. The zero-order chi connectivity index (χ0) is 19.2. The number of anilines is 2. The topological polar surface area (TPSA) is 76.1 Å². The summed E-state index contributed by atoms with van der Waals surface area (Å²) in [5.74, 6) is 0.994. The second kappa shape index (κ2) is 8.27. The van der Waals surface area contributed by atoms with Crippen molar-refractivity contribution in [3.63, 3.8) is 0 Å². The molecule has 0 radical (unpaired) electrons. The van der Waals surface area contributed by atoms with E-state index in [1.807, 2.05) is 24.3 Å². The van der Waals surface area contributed by atoms with Crippen molar-refractivity contribution in [1.29, 1.82) is 0 Å². The van der Waals surface area contributed by atoms with Gasteiger partial charge in [0.2, 0.25) is 0 Å². The number of aryl methyl sites for hydroxylation is 1. The molecule has 2 aromatic carbocycles. The summed E-state index contributed by atoms with van der Waals surface area (Å²) in [5, 5.41) is 5.87. The molecule has 27 heavy (non-hydrogen) atoms. The highest BCUT2D eigenvalue weighted by atomic mass is 19.1. The molecule has 0 aliphatic rings. The van der Waals surface area contributed by atoms with Crippen LogP contribution in [0.25, 0.3) is 0 Å². The summed E-state index contributed by atoms with van der Waals surface area (Å²) in [6, 6.07) is 14.8. The number of ether oxygens (including phenoxy) is 1. The number of carbonyl (C=O) groups is 1. The Hall–Kier alpha value is -3.48. The Labute approximate surface area is 156 Å². The summed E-state index contributed by atoms with van der Waals surface area (Å²) in [6.45, 7) is 2.20. The molecule has 6 nitrogen and oxygen atoms in total. The highest BCUT2D eigenvalue weighted by Crippen LogP contribution is 2.19. The standard InChI is InChI=1S/C20H19FN4O2/c1-13-23-17(20(26)25-16-9-7-15(21)8-10-16)11-19(24-13)22-12-14-5-3-4-6-18(14)27-2/h3-11H,12H2,1-2H3,(H,25,26)(H,22,23,24). The van der Waals surface area contributed by atoms with Gasteiger partial charge in [0.05, 0.1) is 7.11 Å². The quantitative estimate of drug-likeness (QED) is 0.694. The molecule has 3 aromatic rings. The zero-order valence-corrected chi connectivity index (χ0v) is 15.0. The molecule has 3 rings (SSSR count). The number of rotatable bonds is 6. The van der Waals surface area contributed by atoms with E-state index in [0.29, 0.717) is 23.9 Å². The molecule has 138 valence electrons. The fraction of sp³-hybridized carbons (Fsp3) is 0.150. The van der Waals surface area contributed by atoms with Gasteiger partial charge in [0.15, 0.2) is 0 Å². The van der Waals surface area contributed by atoms with Crippen LogP contribution >= 0.6 is 0 Å². The molecule has 0 bridgehead atoms. The van der Waals surface area contributed by atoms with Crippen LogP contribution in [0.3, 0.4) is 0 Å². The van der Waals surface area contributed by atoms with E-state index in [1.54, 1.807) is 20.1 Å². The van der Waals surface area contributed by atoms with E-state index in [9.17, 15) is 9.18 Å². The number of aromatic nitrogens is 2. The van der Waals surface area contributed by atoms with Crippen LogP contribution in [0.5, 0.6) is 5.75 Å². The van der Waals surface area contributed by atoms with Crippen molar-refractivity contribution in [2.24, 2.45) is 0 Å². The molecule has 1 heterocycles. The van der Waals surface area contributed by atoms with E-state index >= 15 is 0 Å². The lowest BCUT2D eigenvalue weighted by Crippen LogP contribution is -2.16. The van der Waals surface area contributed by atoms with Crippen LogP contribution in [-0.2, 0) is 6.54 Å². The van der Waals surface area contributed by atoms with Crippen LogP contribution in [0.15, 0.2) is 54.6 Å². The number of amides is 1. The molecular weight excluding hydrogens is 347 g/mol. The minimum Gasteiger partial charge on any atom is -0.496 e. The van der Waals surface area contributed by atoms with Gasteiger partial charge in [-0.05, 0) is 37.3 Å². The van der Waals surface area contributed by atoms with E-state index in [0.717, 1.165) is 11.3 Å². The second-order valence-electron chi connectivity index (χ2n) is 5.81. The average Bonchev–Trinajstić information content (AvgIpc) is 2.68. The maximum Gasteiger partial charge on any atom is 0.274 e. The molecular formula is C20H19FN4O2. The van der Waals surface area contributed by atoms with Crippen molar-refractivity contribution in [2.75, 3.05) is 17.7 Å². The van der Waals surface area contributed by atoms with Gasteiger partial charge in [-0.3, -0.25) is 4.79 Å². The third-order valence-electron chi connectivity index (χ3n) is 3.83. The van der Waals surface area contributed by atoms with E-state index in [4.69, 9.17) is 4.74 Å². The minimum absolute atomic E-state index is 0.217. The second-order valence-corrected chi connectivity index (χ2v) is 5.81. The Bertz CT molecular complexity index is 945. The van der Waals surface area contributed by atoms with E-state index in [2.05, 4.69) is 20.6 Å². The molecule has 0 unspecified atom stereocenters. The first-order valence-corrected chi connectivity index (χ1v) is 8.33. The normalized spacial score (nSPS) is 10.3. The van der Waals surface area contributed by atoms with Gasteiger partial charge in [0.25, 0.3) is 5.91 Å². The smallest absolute Gasteiger partial charge is 0.274 e. The number of halogens is 1. The minimum atomic E-state index is -0.396. The number of nitrogens with one attached hydrogen (secondary N) is 2. The molecule has 0 aliphatic carbocycles. The van der Waals surface area contributed by atoms with E-state index in [1.165, 1.54) is 24.3 Å². The van der Waals surface area contributed by atoms with E-state index < -0.39 is 5.91 Å². The molecule has 0 saturated carbocycles. The van der Waals surface area contributed by atoms with Gasteiger partial charge < -0.3 is 15.4 Å². The Kier molecular flexibility index (Phi) is 5.61. The maximum absolute atomic E-state index is 13.0. The maximum atomic E-state index is 13.0. The lowest BCUT2D eigenvalue weighted by molar-refractivity contribution is 0.102. The molecule has 7 heteroatoms. The molecule has 0 spiro atoms. The fourth-order valence-corrected chi connectivity index (χ4v) is 2.54. The van der Waals surface area contributed by atoms with Gasteiger partial charge in [0, 0.05) is 23.9 Å². The van der Waals surface area contributed by atoms with Gasteiger partial charge in [-0.25, -0.2) is 14.4 Å². The first-order chi connectivity index (χ1) is 13.0. The highest BCUT2D eigenvalue weighted by Gasteiger charge is 2.11. The lowest BCUT2D eigenvalue weighted by Gasteiger charge is -2.11. The van der Waals surface area contributed by atoms with Gasteiger partial charge in [-0.2, -0.15) is 0 Å². The summed E-state index contributed by atoms with van der Waals surface area (Å²) in [7, 11) is 1.62. The third kappa shape index (κ3) is 4.78. The zero-order valence-electron chi connectivity index (χ0n) is 15.0. The van der Waals surface area contributed by atoms with Crippen molar-refractivity contribution in [3.05, 3.63) is 77.5 Å². The van der Waals surface area contributed by atoms with Gasteiger partial charge in [0.1, 0.15) is 28.9 Å². The predicted octanol–water partition coefficient (Wildman–Crippen LogP) is 3.80. The van der Waals surface area contributed by atoms with Crippen LogP contribution in [0, 0.1) is 12.7 Å². The number of nitrogens with zero attached hydrogens (tertiary/aromatic N) is 2. The Morgan fingerprint density at radius 1 is 1.11 bits per heavy atom. The number of carbonyl (C=O) groups excluding carboxylic acids is 1. The summed E-state index contributed by atoms with van der Waals surface area (Å²) < 4.78 is 18.3. The molecule has 0 atom stereocenters. The largest absolute Gasteiger partial charge is 0.496 e. The van der Waals surface area contributed by atoms with Crippen molar-refractivity contribution in [1.82, 2.24) is 9.97 Å². The van der Waals surface area contributed by atoms with Crippen molar-refractivity contribution in [2.45, 2.75) is 13.5 Å². The summed E-state index contributed by atoms with van der Waals surface area (Å²) in [5.41, 5.74) is 1.67.